The Bertz CT molecular complexity index is 409. The molecule has 0 spiro atoms. The zero-order valence-electron chi connectivity index (χ0n) is 10.5. The first-order valence-corrected chi connectivity index (χ1v) is 7.32. The molecule has 0 atom stereocenters. The van der Waals surface area contributed by atoms with E-state index in [0.717, 1.165) is 12.2 Å². The van der Waals surface area contributed by atoms with E-state index in [1.165, 1.54) is 19.3 Å². The monoisotopic (exact) mass is 265 g/mol. The number of carbonyl (C=O) groups is 1. The van der Waals surface area contributed by atoms with Crippen molar-refractivity contribution in [3.63, 3.8) is 0 Å². The smallest absolute Gasteiger partial charge is 0.251 e. The molecule has 1 aliphatic carbocycles. The fourth-order valence-electron chi connectivity index (χ4n) is 2.09. The molecule has 0 saturated heterocycles. The number of nitrogen functional groups attached to an aromatic ring is 1. The van der Waals surface area contributed by atoms with Crippen LogP contribution in [0, 0.1) is 0 Å². The van der Waals surface area contributed by atoms with Gasteiger partial charge >= 0.3 is 0 Å². The van der Waals surface area contributed by atoms with Gasteiger partial charge in [-0.15, -0.1) is 0 Å². The summed E-state index contributed by atoms with van der Waals surface area (Å²) < 4.78 is 0.272. The van der Waals surface area contributed by atoms with Gasteiger partial charge in [0.15, 0.2) is 0 Å². The third kappa shape index (κ3) is 2.79. The molecule has 4 nitrogen and oxygen atoms in total. The molecule has 1 saturated carbocycles. The van der Waals surface area contributed by atoms with E-state index in [0.29, 0.717) is 5.56 Å². The number of nitrogens with two attached hydrogens (primary N) is 1. The Balaban J connectivity index is 1.90. The molecule has 1 amide bonds. The van der Waals surface area contributed by atoms with Crippen molar-refractivity contribution in [3.8, 4) is 0 Å². The van der Waals surface area contributed by atoms with Gasteiger partial charge in [-0.1, -0.05) is 6.42 Å². The number of anilines is 1. The molecular formula is C13H19N3OS. The molecular weight excluding hydrogens is 246 g/mol. The Kier molecular flexibility index (Phi) is 4.14. The molecule has 98 valence electrons. The minimum Gasteiger partial charge on any atom is -0.351 e. The van der Waals surface area contributed by atoms with E-state index < -0.39 is 0 Å². The summed E-state index contributed by atoms with van der Waals surface area (Å²) >= 11 is 1.86. The lowest BCUT2D eigenvalue weighted by Crippen LogP contribution is -2.45. The predicted molar refractivity (Wildman–Crippen MR) is 76.7 cm³/mol. The number of hydrazine groups is 1. The van der Waals surface area contributed by atoms with Crippen LogP contribution in [0.3, 0.4) is 0 Å². The van der Waals surface area contributed by atoms with Crippen LogP contribution in [-0.4, -0.2) is 23.5 Å². The number of amides is 1. The summed E-state index contributed by atoms with van der Waals surface area (Å²) in [6, 6.07) is 7.14. The number of rotatable bonds is 5. The van der Waals surface area contributed by atoms with Crippen molar-refractivity contribution in [3.05, 3.63) is 29.8 Å². The van der Waals surface area contributed by atoms with Gasteiger partial charge in [0.25, 0.3) is 5.91 Å². The number of hydrogen-bond acceptors (Lipinski definition) is 4. The number of nitrogens with one attached hydrogen (secondary N) is 2. The van der Waals surface area contributed by atoms with Crippen LogP contribution in [0.15, 0.2) is 24.3 Å². The third-order valence-electron chi connectivity index (χ3n) is 3.58. The Morgan fingerprint density at radius 1 is 1.39 bits per heavy atom. The largest absolute Gasteiger partial charge is 0.351 e. The second-order valence-electron chi connectivity index (χ2n) is 4.65. The van der Waals surface area contributed by atoms with Crippen LogP contribution in [0.1, 0.15) is 29.6 Å². The first kappa shape index (κ1) is 13.2. The molecule has 2 rings (SSSR count). The first-order valence-electron chi connectivity index (χ1n) is 6.09. The van der Waals surface area contributed by atoms with E-state index in [-0.39, 0.29) is 10.7 Å². The minimum atomic E-state index is -0.0149. The van der Waals surface area contributed by atoms with Crippen LogP contribution >= 0.6 is 11.8 Å². The molecule has 1 aromatic rings. The van der Waals surface area contributed by atoms with Gasteiger partial charge in [-0.2, -0.15) is 11.8 Å². The van der Waals surface area contributed by atoms with Crippen molar-refractivity contribution >= 4 is 23.4 Å². The quantitative estimate of drug-likeness (QED) is 0.562. The standard InChI is InChI=1S/C13H19N3OS/c1-18-13(7-2-8-13)9-15-12(17)10-3-5-11(16-14)6-4-10/h3-6,16H,2,7-9,14H2,1H3,(H,15,17). The zero-order valence-corrected chi connectivity index (χ0v) is 11.3. The normalized spacial score (nSPS) is 16.8. The molecule has 1 fully saturated rings. The summed E-state index contributed by atoms with van der Waals surface area (Å²) in [5.41, 5.74) is 4.01. The zero-order chi connectivity index (χ0) is 13.0. The summed E-state index contributed by atoms with van der Waals surface area (Å²) in [7, 11) is 0. The maximum atomic E-state index is 12.0. The molecule has 0 radical (unpaired) electrons. The fourth-order valence-corrected chi connectivity index (χ4v) is 3.00. The van der Waals surface area contributed by atoms with E-state index >= 15 is 0 Å². The molecule has 0 aromatic heterocycles. The van der Waals surface area contributed by atoms with Gasteiger partial charge in [0, 0.05) is 22.5 Å². The van der Waals surface area contributed by atoms with E-state index in [2.05, 4.69) is 17.0 Å². The fraction of sp³-hybridized carbons (Fsp3) is 0.462. The molecule has 0 aliphatic heterocycles. The topological polar surface area (TPSA) is 67.2 Å². The van der Waals surface area contributed by atoms with Gasteiger partial charge in [-0.3, -0.25) is 10.6 Å². The summed E-state index contributed by atoms with van der Waals surface area (Å²) in [5, 5.41) is 3.02. The molecule has 0 heterocycles. The number of carbonyl (C=O) groups excluding carboxylic acids is 1. The van der Waals surface area contributed by atoms with Gasteiger partial charge in [0.05, 0.1) is 0 Å². The van der Waals surface area contributed by atoms with Crippen LogP contribution in [0.5, 0.6) is 0 Å². The lowest BCUT2D eigenvalue weighted by atomic mass is 9.84. The second-order valence-corrected chi connectivity index (χ2v) is 5.92. The Labute approximate surface area is 112 Å². The average molecular weight is 265 g/mol. The van der Waals surface area contributed by atoms with E-state index in [4.69, 9.17) is 5.84 Å². The van der Waals surface area contributed by atoms with Crippen LogP contribution < -0.4 is 16.6 Å². The highest BCUT2D eigenvalue weighted by molar-refractivity contribution is 8.00. The van der Waals surface area contributed by atoms with Crippen molar-refractivity contribution < 1.29 is 4.79 Å². The van der Waals surface area contributed by atoms with Gasteiger partial charge < -0.3 is 10.7 Å². The number of thioether (sulfide) groups is 1. The number of benzene rings is 1. The molecule has 0 bridgehead atoms. The van der Waals surface area contributed by atoms with Crippen molar-refractivity contribution in [1.29, 1.82) is 0 Å². The van der Waals surface area contributed by atoms with Crippen LogP contribution in [-0.2, 0) is 0 Å². The lowest BCUT2D eigenvalue weighted by molar-refractivity contribution is 0.0944. The maximum absolute atomic E-state index is 12.0. The van der Waals surface area contributed by atoms with Crippen LogP contribution in [0.2, 0.25) is 0 Å². The summed E-state index contributed by atoms with van der Waals surface area (Å²) in [4.78, 5) is 12.0. The van der Waals surface area contributed by atoms with Gasteiger partial charge in [0.1, 0.15) is 0 Å². The van der Waals surface area contributed by atoms with E-state index in [9.17, 15) is 4.79 Å². The Morgan fingerprint density at radius 3 is 2.50 bits per heavy atom. The number of hydrogen-bond donors (Lipinski definition) is 3. The van der Waals surface area contributed by atoms with Crippen molar-refractivity contribution in [2.24, 2.45) is 5.84 Å². The predicted octanol–water partition coefficient (Wildman–Crippen LogP) is 1.99. The van der Waals surface area contributed by atoms with Crippen molar-refractivity contribution in [2.75, 3.05) is 18.2 Å². The molecule has 4 N–H and O–H groups in total. The van der Waals surface area contributed by atoms with E-state index in [1.807, 2.05) is 11.8 Å². The highest BCUT2D eigenvalue weighted by atomic mass is 32.2. The van der Waals surface area contributed by atoms with Gasteiger partial charge in [0.2, 0.25) is 0 Å². The van der Waals surface area contributed by atoms with Crippen LogP contribution in [0.4, 0.5) is 5.69 Å². The first-order chi connectivity index (χ1) is 8.69. The molecule has 18 heavy (non-hydrogen) atoms. The maximum Gasteiger partial charge on any atom is 0.251 e. The van der Waals surface area contributed by atoms with E-state index in [1.54, 1.807) is 24.3 Å². The van der Waals surface area contributed by atoms with Crippen molar-refractivity contribution in [2.45, 2.75) is 24.0 Å². The average Bonchev–Trinajstić information content (AvgIpc) is 2.38. The summed E-state index contributed by atoms with van der Waals surface area (Å²) in [6.45, 7) is 0.754. The molecule has 1 aliphatic rings. The highest BCUT2D eigenvalue weighted by Crippen LogP contribution is 2.42. The summed E-state index contributed by atoms with van der Waals surface area (Å²) in [5.74, 6) is 5.27. The molecule has 1 aromatic carbocycles. The minimum absolute atomic E-state index is 0.0149. The highest BCUT2D eigenvalue weighted by Gasteiger charge is 2.36. The van der Waals surface area contributed by atoms with Gasteiger partial charge in [-0.25, -0.2) is 0 Å². The second kappa shape index (κ2) is 5.63. The Morgan fingerprint density at radius 2 is 2.06 bits per heavy atom. The van der Waals surface area contributed by atoms with Gasteiger partial charge in [-0.05, 0) is 43.4 Å². The lowest BCUT2D eigenvalue weighted by Gasteiger charge is -2.40. The molecule has 5 heteroatoms. The van der Waals surface area contributed by atoms with Crippen molar-refractivity contribution in [1.82, 2.24) is 5.32 Å². The third-order valence-corrected chi connectivity index (χ3v) is 5.00. The van der Waals surface area contributed by atoms with Crippen LogP contribution in [0.25, 0.3) is 0 Å². The Hall–Kier alpha value is -1.20. The SMILES string of the molecule is CSC1(CNC(=O)c2ccc(NN)cc2)CCC1. The summed E-state index contributed by atoms with van der Waals surface area (Å²) in [6.07, 6.45) is 5.79. The molecule has 0 unspecified atom stereocenters.